The average molecular weight is 450 g/mol. The fourth-order valence-electron chi connectivity index (χ4n) is 2.40. The van der Waals surface area contributed by atoms with E-state index in [1.165, 1.54) is 23.9 Å². The van der Waals surface area contributed by atoms with Gasteiger partial charge in [0.05, 0.1) is 18.1 Å². The Bertz CT molecular complexity index is 914. The molecule has 0 unspecified atom stereocenters. The van der Waals surface area contributed by atoms with Gasteiger partial charge in [-0.1, -0.05) is 39.8 Å². The molecule has 0 saturated heterocycles. The molecule has 5 nitrogen and oxygen atoms in total. The number of imidazole rings is 1. The quantitative estimate of drug-likeness (QED) is 0.533. The molecule has 1 aromatic heterocycles. The highest BCUT2D eigenvalue weighted by molar-refractivity contribution is 9.10. The van der Waals surface area contributed by atoms with Gasteiger partial charge in [-0.3, -0.25) is 4.79 Å². The van der Waals surface area contributed by atoms with E-state index in [-0.39, 0.29) is 24.1 Å². The van der Waals surface area contributed by atoms with Gasteiger partial charge in [0.15, 0.2) is 5.16 Å². The highest BCUT2D eigenvalue weighted by Gasteiger charge is 2.12. The maximum atomic E-state index is 13.1. The van der Waals surface area contributed by atoms with Gasteiger partial charge in [0, 0.05) is 22.9 Å². The summed E-state index contributed by atoms with van der Waals surface area (Å²) in [6.45, 7) is 0.291. The number of aliphatic hydroxyl groups excluding tert-OH is 1. The van der Waals surface area contributed by atoms with Crippen LogP contribution in [-0.4, -0.2) is 26.3 Å². The van der Waals surface area contributed by atoms with Crippen molar-refractivity contribution >= 4 is 39.3 Å². The molecular weight excluding hydrogens is 433 g/mol. The Morgan fingerprint density at radius 3 is 2.56 bits per heavy atom. The van der Waals surface area contributed by atoms with E-state index >= 15 is 0 Å². The Labute approximate surface area is 168 Å². The topological polar surface area (TPSA) is 67.1 Å². The fraction of sp³-hybridized carbons (Fsp3) is 0.158. The van der Waals surface area contributed by atoms with Gasteiger partial charge in [-0.2, -0.15) is 0 Å². The molecule has 0 saturated carbocycles. The van der Waals surface area contributed by atoms with Crippen LogP contribution < -0.4 is 5.32 Å². The number of nitrogens with zero attached hydrogens (tertiary/aromatic N) is 2. The summed E-state index contributed by atoms with van der Waals surface area (Å²) in [7, 11) is 0. The molecule has 1 heterocycles. The van der Waals surface area contributed by atoms with Crippen molar-refractivity contribution in [1.82, 2.24) is 9.55 Å². The highest BCUT2D eigenvalue weighted by atomic mass is 79.9. The Morgan fingerprint density at radius 1 is 1.19 bits per heavy atom. The van der Waals surface area contributed by atoms with E-state index in [9.17, 15) is 14.3 Å². The smallest absolute Gasteiger partial charge is 0.234 e. The average Bonchev–Trinajstić information content (AvgIpc) is 3.06. The summed E-state index contributed by atoms with van der Waals surface area (Å²) in [5, 5.41) is 12.8. The summed E-state index contributed by atoms with van der Waals surface area (Å²) < 4.78 is 15.9. The van der Waals surface area contributed by atoms with Crippen LogP contribution >= 0.6 is 27.7 Å². The number of nitrogens with one attached hydrogen (secondary N) is 1. The van der Waals surface area contributed by atoms with Gasteiger partial charge in [0.2, 0.25) is 5.91 Å². The highest BCUT2D eigenvalue weighted by Crippen LogP contribution is 2.21. The van der Waals surface area contributed by atoms with Gasteiger partial charge >= 0.3 is 0 Å². The van der Waals surface area contributed by atoms with Crippen LogP contribution in [-0.2, 0) is 17.9 Å². The van der Waals surface area contributed by atoms with E-state index in [0.717, 1.165) is 15.7 Å². The number of anilines is 1. The number of thioether (sulfide) groups is 1. The first-order valence-corrected chi connectivity index (χ1v) is 9.91. The first-order valence-electron chi connectivity index (χ1n) is 8.13. The van der Waals surface area contributed by atoms with Crippen LogP contribution in [0.25, 0.3) is 0 Å². The summed E-state index contributed by atoms with van der Waals surface area (Å²) >= 11 is 4.63. The largest absolute Gasteiger partial charge is 0.390 e. The minimum absolute atomic E-state index is 0.149. The zero-order valence-corrected chi connectivity index (χ0v) is 16.6. The van der Waals surface area contributed by atoms with Crippen molar-refractivity contribution in [2.45, 2.75) is 18.3 Å². The molecule has 0 fully saturated rings. The van der Waals surface area contributed by atoms with Crippen LogP contribution in [0.4, 0.5) is 10.1 Å². The van der Waals surface area contributed by atoms with Crippen LogP contribution in [0, 0.1) is 5.82 Å². The minimum atomic E-state index is -0.292. The van der Waals surface area contributed by atoms with Crippen LogP contribution in [0.1, 0.15) is 11.3 Å². The van der Waals surface area contributed by atoms with Crippen LogP contribution in [0.5, 0.6) is 0 Å². The minimum Gasteiger partial charge on any atom is -0.390 e. The molecule has 0 radical (unpaired) electrons. The van der Waals surface area contributed by atoms with Crippen molar-refractivity contribution in [1.29, 1.82) is 0 Å². The first kappa shape index (κ1) is 19.6. The molecule has 2 aromatic carbocycles. The molecule has 3 rings (SSSR count). The third kappa shape index (κ3) is 5.66. The Hall–Kier alpha value is -2.16. The second-order valence-corrected chi connectivity index (χ2v) is 7.63. The van der Waals surface area contributed by atoms with Crippen molar-refractivity contribution in [3.8, 4) is 0 Å². The van der Waals surface area contributed by atoms with Gasteiger partial charge in [-0.15, -0.1) is 0 Å². The number of hydrogen-bond donors (Lipinski definition) is 2. The third-order valence-corrected chi connectivity index (χ3v) is 5.20. The van der Waals surface area contributed by atoms with Crippen molar-refractivity contribution in [2.24, 2.45) is 0 Å². The number of benzene rings is 2. The molecule has 0 aliphatic heterocycles. The molecule has 1 amide bonds. The maximum absolute atomic E-state index is 13.1. The van der Waals surface area contributed by atoms with E-state index in [2.05, 4.69) is 26.2 Å². The maximum Gasteiger partial charge on any atom is 0.234 e. The van der Waals surface area contributed by atoms with Gasteiger partial charge in [-0.05, 0) is 42.0 Å². The number of halogens is 2. The summed E-state index contributed by atoms with van der Waals surface area (Å²) in [6, 6.07) is 13.5. The van der Waals surface area contributed by atoms with Crippen molar-refractivity contribution in [3.63, 3.8) is 0 Å². The SMILES string of the molecule is O=C(CSc1nc(CO)cn1Cc1ccc(F)cc1)Nc1ccc(Br)cc1. The molecule has 140 valence electrons. The van der Waals surface area contributed by atoms with Crippen molar-refractivity contribution < 1.29 is 14.3 Å². The molecule has 27 heavy (non-hydrogen) atoms. The number of amides is 1. The van der Waals surface area contributed by atoms with Crippen LogP contribution in [0.2, 0.25) is 0 Å². The van der Waals surface area contributed by atoms with E-state index in [1.54, 1.807) is 18.3 Å². The zero-order chi connectivity index (χ0) is 19.2. The van der Waals surface area contributed by atoms with Gasteiger partial charge < -0.3 is 15.0 Å². The molecule has 0 atom stereocenters. The number of hydrogen-bond acceptors (Lipinski definition) is 4. The van der Waals surface area contributed by atoms with E-state index < -0.39 is 0 Å². The number of rotatable bonds is 7. The second-order valence-electron chi connectivity index (χ2n) is 5.77. The second kappa shape index (κ2) is 9.16. The predicted octanol–water partition coefficient (Wildman–Crippen LogP) is 4.06. The molecular formula is C19H17BrFN3O2S. The van der Waals surface area contributed by atoms with Crippen LogP contribution in [0.15, 0.2) is 64.4 Å². The predicted molar refractivity (Wildman–Crippen MR) is 107 cm³/mol. The Balaban J connectivity index is 1.64. The summed E-state index contributed by atoms with van der Waals surface area (Å²) in [5.41, 5.74) is 2.14. The van der Waals surface area contributed by atoms with Gasteiger partial charge in [0.25, 0.3) is 0 Å². The molecule has 8 heteroatoms. The summed E-state index contributed by atoms with van der Waals surface area (Å²) in [5.74, 6) is -0.259. The lowest BCUT2D eigenvalue weighted by atomic mass is 10.2. The lowest BCUT2D eigenvalue weighted by molar-refractivity contribution is -0.113. The van der Waals surface area contributed by atoms with E-state index in [1.807, 2.05) is 28.8 Å². The third-order valence-electron chi connectivity index (χ3n) is 3.68. The van der Waals surface area contributed by atoms with Gasteiger partial charge in [-0.25, -0.2) is 9.37 Å². The standard InChI is InChI=1S/C19H17BrFN3O2S/c20-14-3-7-16(8-4-14)22-18(26)12-27-19-23-17(11-25)10-24(19)9-13-1-5-15(21)6-2-13/h1-8,10,25H,9,11-12H2,(H,22,26). The number of aliphatic hydroxyl groups is 1. The normalized spacial score (nSPS) is 10.8. The lowest BCUT2D eigenvalue weighted by Gasteiger charge is -2.08. The monoisotopic (exact) mass is 449 g/mol. The van der Waals surface area contributed by atoms with Crippen molar-refractivity contribution in [3.05, 3.63) is 76.3 Å². The van der Waals surface area contributed by atoms with Crippen LogP contribution in [0.3, 0.4) is 0 Å². The molecule has 0 bridgehead atoms. The Kier molecular flexibility index (Phi) is 6.65. The number of aromatic nitrogens is 2. The Morgan fingerprint density at radius 2 is 1.89 bits per heavy atom. The molecule has 0 aliphatic carbocycles. The zero-order valence-electron chi connectivity index (χ0n) is 14.2. The lowest BCUT2D eigenvalue weighted by Crippen LogP contribution is -2.14. The fourth-order valence-corrected chi connectivity index (χ4v) is 3.46. The van der Waals surface area contributed by atoms with E-state index in [0.29, 0.717) is 17.4 Å². The number of carbonyl (C=O) groups is 1. The van der Waals surface area contributed by atoms with Crippen molar-refractivity contribution in [2.75, 3.05) is 11.1 Å². The number of carbonyl (C=O) groups excluding carboxylic acids is 1. The molecule has 0 spiro atoms. The first-order chi connectivity index (χ1) is 13.0. The molecule has 3 aromatic rings. The summed E-state index contributed by atoms with van der Waals surface area (Å²) in [4.78, 5) is 16.5. The summed E-state index contributed by atoms with van der Waals surface area (Å²) in [6.07, 6.45) is 1.73. The van der Waals surface area contributed by atoms with Gasteiger partial charge in [0.1, 0.15) is 5.82 Å². The molecule has 0 aliphatic rings. The molecule has 2 N–H and O–H groups in total. The van der Waals surface area contributed by atoms with E-state index in [4.69, 9.17) is 0 Å².